The van der Waals surface area contributed by atoms with Crippen LogP contribution in [-0.4, -0.2) is 17.6 Å². The van der Waals surface area contributed by atoms with E-state index in [2.05, 4.69) is 5.32 Å². The number of phenols is 1. The maximum absolute atomic E-state index is 10.8. The molecule has 0 atom stereocenters. The Hall–Kier alpha value is -1.71. The molecule has 0 saturated heterocycles. The highest BCUT2D eigenvalue weighted by Gasteiger charge is 2.07. The number of carbonyl (C=O) groups excluding carboxylic acids is 1. The van der Waals surface area contributed by atoms with Gasteiger partial charge in [0.2, 0.25) is 0 Å². The fraction of sp³-hybridized carbons (Fsp3) is 0.222. The predicted octanol–water partition coefficient (Wildman–Crippen LogP) is 0.923. The van der Waals surface area contributed by atoms with Gasteiger partial charge in [0.05, 0.1) is 5.56 Å². The molecule has 0 spiro atoms. The Morgan fingerprint density at radius 2 is 2.31 bits per heavy atom. The van der Waals surface area contributed by atoms with E-state index >= 15 is 0 Å². The number of benzene rings is 1. The predicted molar refractivity (Wildman–Crippen MR) is 50.8 cm³/mol. The van der Waals surface area contributed by atoms with Gasteiger partial charge >= 0.3 is 0 Å². The molecule has 1 rings (SSSR count). The number of aromatic hydroxyl groups is 1. The third-order valence-corrected chi connectivity index (χ3v) is 1.64. The summed E-state index contributed by atoms with van der Waals surface area (Å²) in [6.45, 7) is 2.69. The van der Waals surface area contributed by atoms with Gasteiger partial charge in [0.15, 0.2) is 0 Å². The van der Waals surface area contributed by atoms with E-state index < -0.39 is 5.91 Å². The number of rotatable bonds is 3. The van der Waals surface area contributed by atoms with Crippen molar-refractivity contribution < 1.29 is 9.90 Å². The SMILES string of the molecule is CCNc1ccc(O)c(C(N)=O)c1. The largest absolute Gasteiger partial charge is 0.507 e. The summed E-state index contributed by atoms with van der Waals surface area (Å²) in [5, 5.41) is 12.3. The van der Waals surface area contributed by atoms with Crippen LogP contribution in [0, 0.1) is 0 Å². The Balaban J connectivity index is 3.04. The number of hydrogen-bond donors (Lipinski definition) is 3. The van der Waals surface area contributed by atoms with Crippen LogP contribution in [0.4, 0.5) is 5.69 Å². The molecule has 0 saturated carbocycles. The van der Waals surface area contributed by atoms with Crippen LogP contribution in [0.15, 0.2) is 18.2 Å². The van der Waals surface area contributed by atoms with Gasteiger partial charge in [-0.05, 0) is 25.1 Å². The molecule has 0 aliphatic carbocycles. The molecule has 4 N–H and O–H groups in total. The first-order valence-corrected chi connectivity index (χ1v) is 4.02. The third kappa shape index (κ3) is 2.11. The lowest BCUT2D eigenvalue weighted by atomic mass is 10.1. The minimum atomic E-state index is -0.628. The van der Waals surface area contributed by atoms with Gasteiger partial charge in [-0.3, -0.25) is 4.79 Å². The average Bonchev–Trinajstić information content (AvgIpc) is 2.08. The Bertz CT molecular complexity index is 323. The quantitative estimate of drug-likeness (QED) is 0.605. The van der Waals surface area contributed by atoms with E-state index in [0.717, 1.165) is 12.2 Å². The van der Waals surface area contributed by atoms with E-state index in [1.807, 2.05) is 6.92 Å². The van der Waals surface area contributed by atoms with Gasteiger partial charge in [-0.15, -0.1) is 0 Å². The molecule has 1 aromatic rings. The molecule has 0 unspecified atom stereocenters. The maximum Gasteiger partial charge on any atom is 0.252 e. The molecule has 0 aliphatic rings. The third-order valence-electron chi connectivity index (χ3n) is 1.64. The topological polar surface area (TPSA) is 75.3 Å². The van der Waals surface area contributed by atoms with Crippen molar-refractivity contribution >= 4 is 11.6 Å². The zero-order valence-corrected chi connectivity index (χ0v) is 7.37. The normalized spacial score (nSPS) is 9.62. The van der Waals surface area contributed by atoms with Crippen molar-refractivity contribution in [2.45, 2.75) is 6.92 Å². The van der Waals surface area contributed by atoms with Crippen molar-refractivity contribution in [3.8, 4) is 5.75 Å². The highest BCUT2D eigenvalue weighted by atomic mass is 16.3. The minimum absolute atomic E-state index is 0.0887. The first kappa shape index (κ1) is 9.38. The van der Waals surface area contributed by atoms with Crippen molar-refractivity contribution in [1.82, 2.24) is 0 Å². The number of primary amides is 1. The van der Waals surface area contributed by atoms with E-state index in [1.165, 1.54) is 12.1 Å². The fourth-order valence-electron chi connectivity index (χ4n) is 1.05. The Morgan fingerprint density at radius 1 is 1.62 bits per heavy atom. The van der Waals surface area contributed by atoms with Gasteiger partial charge in [0, 0.05) is 12.2 Å². The maximum atomic E-state index is 10.8. The second-order valence-electron chi connectivity index (χ2n) is 2.63. The smallest absolute Gasteiger partial charge is 0.252 e. The molecule has 0 aromatic heterocycles. The Morgan fingerprint density at radius 3 is 2.85 bits per heavy atom. The van der Waals surface area contributed by atoms with Crippen molar-refractivity contribution in [2.75, 3.05) is 11.9 Å². The molecule has 0 bridgehead atoms. The van der Waals surface area contributed by atoms with Gasteiger partial charge in [-0.25, -0.2) is 0 Å². The van der Waals surface area contributed by atoms with Gasteiger partial charge in [-0.2, -0.15) is 0 Å². The van der Waals surface area contributed by atoms with Gasteiger partial charge in [0.25, 0.3) is 5.91 Å². The molecule has 1 amide bonds. The van der Waals surface area contributed by atoms with Crippen LogP contribution in [-0.2, 0) is 0 Å². The van der Waals surface area contributed by atoms with E-state index in [-0.39, 0.29) is 11.3 Å². The van der Waals surface area contributed by atoms with E-state index in [9.17, 15) is 9.90 Å². The zero-order valence-electron chi connectivity index (χ0n) is 7.37. The highest BCUT2D eigenvalue weighted by molar-refractivity contribution is 5.96. The summed E-state index contributed by atoms with van der Waals surface area (Å²) in [5.74, 6) is -0.716. The van der Waals surface area contributed by atoms with Gasteiger partial charge in [0.1, 0.15) is 5.75 Å². The summed E-state index contributed by atoms with van der Waals surface area (Å²) >= 11 is 0. The summed E-state index contributed by atoms with van der Waals surface area (Å²) in [5.41, 5.74) is 5.96. The molecule has 0 aliphatic heterocycles. The second-order valence-corrected chi connectivity index (χ2v) is 2.63. The molecule has 0 radical (unpaired) electrons. The van der Waals surface area contributed by atoms with Crippen LogP contribution < -0.4 is 11.1 Å². The van der Waals surface area contributed by atoms with Crippen LogP contribution >= 0.6 is 0 Å². The molecule has 1 aromatic carbocycles. The second kappa shape index (κ2) is 3.80. The highest BCUT2D eigenvalue weighted by Crippen LogP contribution is 2.20. The Labute approximate surface area is 76.4 Å². The molecule has 13 heavy (non-hydrogen) atoms. The van der Waals surface area contributed by atoms with Gasteiger partial charge < -0.3 is 16.2 Å². The summed E-state index contributed by atoms with van der Waals surface area (Å²) < 4.78 is 0. The number of hydrogen-bond acceptors (Lipinski definition) is 3. The van der Waals surface area contributed by atoms with Crippen LogP contribution in [0.2, 0.25) is 0 Å². The summed E-state index contributed by atoms with van der Waals surface area (Å²) in [6, 6.07) is 4.66. The number of amides is 1. The minimum Gasteiger partial charge on any atom is -0.507 e. The van der Waals surface area contributed by atoms with Crippen molar-refractivity contribution in [1.29, 1.82) is 0 Å². The van der Waals surface area contributed by atoms with Crippen molar-refractivity contribution in [2.24, 2.45) is 5.73 Å². The van der Waals surface area contributed by atoms with Crippen molar-refractivity contribution in [3.63, 3.8) is 0 Å². The standard InChI is InChI=1S/C9H12N2O2/c1-2-11-6-3-4-8(12)7(5-6)9(10)13/h3-5,11-12H,2H2,1H3,(H2,10,13). The van der Waals surface area contributed by atoms with Crippen molar-refractivity contribution in [3.05, 3.63) is 23.8 Å². The molecular weight excluding hydrogens is 168 g/mol. The molecule has 4 heteroatoms. The molecule has 0 fully saturated rings. The molecule has 4 nitrogen and oxygen atoms in total. The number of nitrogens with two attached hydrogens (primary N) is 1. The number of anilines is 1. The van der Waals surface area contributed by atoms with Crippen LogP contribution in [0.25, 0.3) is 0 Å². The summed E-state index contributed by atoms with van der Waals surface area (Å²) in [7, 11) is 0. The van der Waals surface area contributed by atoms with E-state index in [0.29, 0.717) is 0 Å². The summed E-state index contributed by atoms with van der Waals surface area (Å²) in [4.78, 5) is 10.8. The average molecular weight is 180 g/mol. The van der Waals surface area contributed by atoms with Crippen LogP contribution in [0.5, 0.6) is 5.75 Å². The number of nitrogens with one attached hydrogen (secondary N) is 1. The van der Waals surface area contributed by atoms with Crippen LogP contribution in [0.3, 0.4) is 0 Å². The fourth-order valence-corrected chi connectivity index (χ4v) is 1.05. The van der Waals surface area contributed by atoms with Gasteiger partial charge in [-0.1, -0.05) is 0 Å². The molecular formula is C9H12N2O2. The first-order valence-electron chi connectivity index (χ1n) is 4.02. The zero-order chi connectivity index (χ0) is 9.84. The lowest BCUT2D eigenvalue weighted by Crippen LogP contribution is -2.11. The number of carbonyl (C=O) groups is 1. The molecule has 70 valence electrons. The first-order chi connectivity index (χ1) is 6.15. The summed E-state index contributed by atoms with van der Waals surface area (Å²) in [6.07, 6.45) is 0. The Kier molecular flexibility index (Phi) is 2.74. The van der Waals surface area contributed by atoms with E-state index in [4.69, 9.17) is 5.73 Å². The lowest BCUT2D eigenvalue weighted by molar-refractivity contribution is 0.0998. The van der Waals surface area contributed by atoms with E-state index in [1.54, 1.807) is 6.07 Å². The van der Waals surface area contributed by atoms with Crippen LogP contribution in [0.1, 0.15) is 17.3 Å². The monoisotopic (exact) mass is 180 g/mol. The lowest BCUT2D eigenvalue weighted by Gasteiger charge is -2.05. The molecule has 0 heterocycles.